The Balaban J connectivity index is 0. The molecular weight excluding hydrogens is 162 g/mol. The maximum absolute atomic E-state index is 3.75. The first-order valence-corrected chi connectivity index (χ1v) is 3.49. The van der Waals surface area contributed by atoms with Gasteiger partial charge in [-0.2, -0.15) is 6.42 Å². The van der Waals surface area contributed by atoms with E-state index in [9.17, 15) is 0 Å². The third kappa shape index (κ3) is 10.0. The van der Waals surface area contributed by atoms with Gasteiger partial charge >= 0.3 is 0 Å². The summed E-state index contributed by atoms with van der Waals surface area (Å²) in [6.07, 6.45) is 3.65. The van der Waals surface area contributed by atoms with E-state index in [4.69, 9.17) is 0 Å². The van der Waals surface area contributed by atoms with E-state index >= 15 is 0 Å². The van der Waals surface area contributed by atoms with Crippen molar-refractivity contribution in [3.8, 4) is 0 Å². The molecule has 0 aliphatic rings. The molecule has 0 aromatic rings. The molecule has 2 atom stereocenters. The van der Waals surface area contributed by atoms with Crippen LogP contribution < -0.4 is 0 Å². The molecule has 2 unspecified atom stereocenters. The van der Waals surface area contributed by atoms with Crippen LogP contribution >= 0.6 is 9.24 Å². The molecule has 0 saturated heterocycles. The molecule has 0 N–H and O–H groups in total. The summed E-state index contributed by atoms with van der Waals surface area (Å²) >= 11 is 0. The molecule has 0 aliphatic carbocycles. The summed E-state index contributed by atoms with van der Waals surface area (Å²) < 4.78 is 0. The van der Waals surface area contributed by atoms with Crippen LogP contribution in [0.25, 0.3) is 0 Å². The van der Waals surface area contributed by atoms with Crippen molar-refractivity contribution >= 4 is 9.24 Å². The van der Waals surface area contributed by atoms with Gasteiger partial charge in [-0.15, -0.1) is 9.24 Å². The van der Waals surface area contributed by atoms with Crippen molar-refractivity contribution in [1.82, 2.24) is 0 Å². The van der Waals surface area contributed by atoms with E-state index in [0.29, 0.717) is 0 Å². The number of hydrogen-bond donors (Lipinski definition) is 0. The smallest absolute Gasteiger partial charge is 0 e. The standard InChI is InChI=1S/C6H14P.Ni/c1-3-4-5-6(2)7;/h6H,1,3-5,7H2,2H3;/q-1;. The second-order valence-corrected chi connectivity index (χ2v) is 3.11. The van der Waals surface area contributed by atoms with Gasteiger partial charge in [0.2, 0.25) is 0 Å². The Bertz CT molecular complexity index is 37.5. The number of rotatable bonds is 3. The average Bonchev–Trinajstić information content (AvgIpc) is 1.61. The summed E-state index contributed by atoms with van der Waals surface area (Å²) in [6.45, 7) is 5.96. The van der Waals surface area contributed by atoms with Crippen LogP contribution in [0, 0.1) is 6.92 Å². The van der Waals surface area contributed by atoms with Gasteiger partial charge in [0.25, 0.3) is 0 Å². The molecule has 0 aromatic heterocycles. The molecule has 0 radical (unpaired) electrons. The fourth-order valence-electron chi connectivity index (χ4n) is 0.466. The molecule has 0 aliphatic heterocycles. The van der Waals surface area contributed by atoms with Gasteiger partial charge in [0, 0.05) is 16.5 Å². The monoisotopic (exact) mass is 175 g/mol. The summed E-state index contributed by atoms with van der Waals surface area (Å²) in [4.78, 5) is 0. The van der Waals surface area contributed by atoms with E-state index in [1.807, 2.05) is 0 Å². The van der Waals surface area contributed by atoms with Gasteiger partial charge in [-0.3, -0.25) is 0 Å². The molecule has 54 valence electrons. The Kier molecular flexibility index (Phi) is 11.6. The maximum atomic E-state index is 3.75. The molecule has 0 bridgehead atoms. The first-order valence-electron chi connectivity index (χ1n) is 2.82. The van der Waals surface area contributed by atoms with Crippen LogP contribution in [0.3, 0.4) is 0 Å². The van der Waals surface area contributed by atoms with E-state index < -0.39 is 0 Å². The Hall–Kier alpha value is 0.924. The predicted octanol–water partition coefficient (Wildman–Crippen LogP) is 2.25. The zero-order valence-electron chi connectivity index (χ0n) is 5.30. The quantitative estimate of drug-likeness (QED) is 0.351. The van der Waals surface area contributed by atoms with Crippen LogP contribution in [0.15, 0.2) is 0 Å². The second-order valence-electron chi connectivity index (χ2n) is 1.97. The zero-order valence-corrected chi connectivity index (χ0v) is 7.44. The number of unbranched alkanes of at least 4 members (excludes halogenated alkanes) is 1. The van der Waals surface area contributed by atoms with Gasteiger partial charge in [0.1, 0.15) is 0 Å². The normalized spacial score (nSPS) is 12.4. The molecule has 0 amide bonds. The molecule has 0 nitrogen and oxygen atoms in total. The van der Waals surface area contributed by atoms with Gasteiger partial charge < -0.3 is 6.92 Å². The molecule has 0 heterocycles. The average molecular weight is 176 g/mol. The van der Waals surface area contributed by atoms with Crippen molar-refractivity contribution in [3.05, 3.63) is 6.92 Å². The van der Waals surface area contributed by atoms with Crippen molar-refractivity contribution < 1.29 is 16.5 Å². The summed E-state index contributed by atoms with van der Waals surface area (Å²) in [5, 5.41) is 0. The zero-order chi connectivity index (χ0) is 5.70. The Morgan fingerprint density at radius 2 is 2.12 bits per heavy atom. The van der Waals surface area contributed by atoms with Crippen LogP contribution in [-0.2, 0) is 16.5 Å². The van der Waals surface area contributed by atoms with Crippen LogP contribution in [0.1, 0.15) is 26.2 Å². The van der Waals surface area contributed by atoms with Crippen molar-refractivity contribution in [1.29, 1.82) is 0 Å². The fourth-order valence-corrected chi connectivity index (χ4v) is 0.702. The Morgan fingerprint density at radius 1 is 1.62 bits per heavy atom. The summed E-state index contributed by atoms with van der Waals surface area (Å²) in [5.41, 5.74) is 0.779. The van der Waals surface area contributed by atoms with Crippen LogP contribution in [0.4, 0.5) is 0 Å². The molecule has 0 saturated carbocycles. The predicted molar refractivity (Wildman–Crippen MR) is 38.4 cm³/mol. The largest absolute Gasteiger partial charge is 0.343 e. The van der Waals surface area contributed by atoms with Crippen molar-refractivity contribution in [2.24, 2.45) is 0 Å². The van der Waals surface area contributed by atoms with Crippen molar-refractivity contribution in [3.63, 3.8) is 0 Å². The third-order valence-corrected chi connectivity index (χ3v) is 1.24. The van der Waals surface area contributed by atoms with Crippen LogP contribution in [0.5, 0.6) is 0 Å². The summed E-state index contributed by atoms with van der Waals surface area (Å²) in [7, 11) is 2.78. The Labute approximate surface area is 64.9 Å². The second kappa shape index (κ2) is 7.92. The molecule has 0 fully saturated rings. The van der Waals surface area contributed by atoms with Gasteiger partial charge in [0.05, 0.1) is 0 Å². The molecule has 0 spiro atoms. The van der Waals surface area contributed by atoms with Gasteiger partial charge in [0.15, 0.2) is 0 Å². The summed E-state index contributed by atoms with van der Waals surface area (Å²) in [5.74, 6) is 0. The van der Waals surface area contributed by atoms with E-state index in [1.54, 1.807) is 0 Å². The van der Waals surface area contributed by atoms with E-state index in [-0.39, 0.29) is 16.5 Å². The van der Waals surface area contributed by atoms with Gasteiger partial charge in [-0.25, -0.2) is 0 Å². The number of hydrogen-bond acceptors (Lipinski definition) is 0. The molecule has 0 aromatic carbocycles. The molecular formula is C6H14NiP-. The first-order chi connectivity index (χ1) is 3.27. The third-order valence-electron chi connectivity index (χ3n) is 0.909. The van der Waals surface area contributed by atoms with Crippen molar-refractivity contribution in [2.75, 3.05) is 0 Å². The molecule has 2 heteroatoms. The topological polar surface area (TPSA) is 0 Å². The first kappa shape index (κ1) is 11.7. The minimum Gasteiger partial charge on any atom is -0.343 e. The van der Waals surface area contributed by atoms with E-state index in [2.05, 4.69) is 23.1 Å². The van der Waals surface area contributed by atoms with Crippen LogP contribution in [0.2, 0.25) is 0 Å². The molecule has 0 rings (SSSR count). The maximum Gasteiger partial charge on any atom is 0 e. The van der Waals surface area contributed by atoms with Crippen molar-refractivity contribution in [2.45, 2.75) is 31.8 Å². The van der Waals surface area contributed by atoms with Crippen LogP contribution in [-0.4, -0.2) is 5.66 Å². The summed E-state index contributed by atoms with van der Waals surface area (Å²) in [6, 6.07) is 0. The van der Waals surface area contributed by atoms with E-state index in [0.717, 1.165) is 12.1 Å². The minimum atomic E-state index is 0. The SMILES string of the molecule is [CH2-]CCCC(C)P.[Ni]. The fraction of sp³-hybridized carbons (Fsp3) is 0.833. The van der Waals surface area contributed by atoms with E-state index in [1.165, 1.54) is 12.8 Å². The molecule has 8 heavy (non-hydrogen) atoms. The Morgan fingerprint density at radius 3 is 2.25 bits per heavy atom. The minimum absolute atomic E-state index is 0. The van der Waals surface area contributed by atoms with Gasteiger partial charge in [-0.1, -0.05) is 13.3 Å². The van der Waals surface area contributed by atoms with Gasteiger partial charge in [-0.05, 0) is 12.1 Å².